The lowest BCUT2D eigenvalue weighted by atomic mass is 9.96. The molecular formula is C26H28N2O6. The number of carbonyl (C=O) groups is 3. The number of fused-ring (bicyclic) bond motifs is 3. The fraction of sp³-hybridized carbons (Fsp3) is 0.423. The summed E-state index contributed by atoms with van der Waals surface area (Å²) in [6.45, 7) is 1.46. The number of amides is 2. The predicted octanol–water partition coefficient (Wildman–Crippen LogP) is 3.01. The van der Waals surface area contributed by atoms with Gasteiger partial charge >= 0.3 is 12.1 Å². The Morgan fingerprint density at radius 1 is 1.09 bits per heavy atom. The van der Waals surface area contributed by atoms with Crippen LogP contribution in [-0.4, -0.2) is 66.4 Å². The summed E-state index contributed by atoms with van der Waals surface area (Å²) >= 11 is 0. The molecule has 2 aromatic carbocycles. The molecule has 0 bridgehead atoms. The van der Waals surface area contributed by atoms with Crippen LogP contribution in [0.1, 0.15) is 36.3 Å². The summed E-state index contributed by atoms with van der Waals surface area (Å²) < 4.78 is 11.2. The molecule has 2 fully saturated rings. The third-order valence-electron chi connectivity index (χ3n) is 7.15. The van der Waals surface area contributed by atoms with Crippen LogP contribution in [0.3, 0.4) is 0 Å². The van der Waals surface area contributed by atoms with Crippen LogP contribution in [0.2, 0.25) is 0 Å². The fourth-order valence-corrected chi connectivity index (χ4v) is 5.45. The van der Waals surface area contributed by atoms with E-state index in [0.717, 1.165) is 22.3 Å². The SMILES string of the molecule is O=C(O)CC1CCN(C(=O)C2(NC(=O)OCC3c4ccccc4-c4ccccc43)CCOC2)C1. The van der Waals surface area contributed by atoms with Crippen molar-refractivity contribution in [1.29, 1.82) is 0 Å². The number of nitrogens with zero attached hydrogens (tertiary/aromatic N) is 1. The summed E-state index contributed by atoms with van der Waals surface area (Å²) in [6, 6.07) is 16.2. The molecule has 2 unspecified atom stereocenters. The average molecular weight is 465 g/mol. The number of rotatable bonds is 6. The minimum Gasteiger partial charge on any atom is -0.481 e. The molecule has 2 aromatic rings. The fourth-order valence-electron chi connectivity index (χ4n) is 5.45. The molecule has 5 rings (SSSR count). The van der Waals surface area contributed by atoms with Gasteiger partial charge in [-0.2, -0.15) is 0 Å². The van der Waals surface area contributed by atoms with Crippen molar-refractivity contribution in [3.05, 3.63) is 59.7 Å². The molecule has 2 saturated heterocycles. The lowest BCUT2D eigenvalue weighted by molar-refractivity contribution is -0.140. The zero-order valence-electron chi connectivity index (χ0n) is 18.9. The van der Waals surface area contributed by atoms with Crippen LogP contribution in [-0.2, 0) is 19.1 Å². The largest absolute Gasteiger partial charge is 0.481 e. The number of likely N-dealkylation sites (tertiary alicyclic amines) is 1. The number of nitrogens with one attached hydrogen (secondary N) is 1. The summed E-state index contributed by atoms with van der Waals surface area (Å²) in [4.78, 5) is 38.9. The van der Waals surface area contributed by atoms with Crippen molar-refractivity contribution in [3.8, 4) is 11.1 Å². The van der Waals surface area contributed by atoms with Crippen molar-refractivity contribution in [2.45, 2.75) is 30.7 Å². The monoisotopic (exact) mass is 464 g/mol. The number of aliphatic carboxylic acids is 1. The highest BCUT2D eigenvalue weighted by Gasteiger charge is 2.48. The molecule has 2 N–H and O–H groups in total. The summed E-state index contributed by atoms with van der Waals surface area (Å²) in [5.74, 6) is -1.24. The van der Waals surface area contributed by atoms with E-state index in [0.29, 0.717) is 32.5 Å². The van der Waals surface area contributed by atoms with Crippen LogP contribution in [0.4, 0.5) is 4.79 Å². The molecule has 8 heteroatoms. The van der Waals surface area contributed by atoms with E-state index >= 15 is 0 Å². The van der Waals surface area contributed by atoms with E-state index in [1.165, 1.54) is 0 Å². The number of hydrogen-bond acceptors (Lipinski definition) is 5. The van der Waals surface area contributed by atoms with Crippen molar-refractivity contribution in [2.24, 2.45) is 5.92 Å². The Hall–Kier alpha value is -3.39. The molecule has 2 aliphatic heterocycles. The second-order valence-electron chi connectivity index (χ2n) is 9.34. The van der Waals surface area contributed by atoms with Crippen LogP contribution >= 0.6 is 0 Å². The lowest BCUT2D eigenvalue weighted by Crippen LogP contribution is -2.60. The first-order valence-corrected chi connectivity index (χ1v) is 11.7. The molecular weight excluding hydrogens is 436 g/mol. The number of benzene rings is 2. The van der Waals surface area contributed by atoms with E-state index in [1.807, 2.05) is 24.3 Å². The first kappa shape index (κ1) is 22.4. The minimum absolute atomic E-state index is 0.0348. The Bertz CT molecular complexity index is 1060. The van der Waals surface area contributed by atoms with Crippen molar-refractivity contribution in [2.75, 3.05) is 32.9 Å². The number of carboxylic acid groups (broad SMARTS) is 1. The topological polar surface area (TPSA) is 105 Å². The summed E-state index contributed by atoms with van der Waals surface area (Å²) in [7, 11) is 0. The number of hydrogen-bond donors (Lipinski definition) is 2. The number of carboxylic acids is 1. The standard InChI is InChI=1S/C26H28N2O6/c29-23(30)13-17-9-11-28(14-17)24(31)26(10-12-33-16-26)27-25(32)34-15-22-20-7-3-1-5-18(20)19-6-2-4-8-21(19)22/h1-8,17,22H,9-16H2,(H,27,32)(H,29,30). The Kier molecular flexibility index (Phi) is 6.00. The summed E-state index contributed by atoms with van der Waals surface area (Å²) in [5, 5.41) is 11.9. The normalized spacial score (nSPS) is 23.4. The van der Waals surface area contributed by atoms with Crippen LogP contribution < -0.4 is 5.32 Å². The van der Waals surface area contributed by atoms with Gasteiger partial charge in [-0.05, 0) is 34.6 Å². The molecule has 0 saturated carbocycles. The van der Waals surface area contributed by atoms with E-state index in [9.17, 15) is 14.4 Å². The maximum absolute atomic E-state index is 13.4. The highest BCUT2D eigenvalue weighted by Crippen LogP contribution is 2.44. The van der Waals surface area contributed by atoms with Crippen molar-refractivity contribution in [1.82, 2.24) is 10.2 Å². The zero-order valence-corrected chi connectivity index (χ0v) is 18.9. The van der Waals surface area contributed by atoms with Gasteiger partial charge in [0.2, 0.25) is 0 Å². The van der Waals surface area contributed by atoms with Gasteiger partial charge in [0.25, 0.3) is 5.91 Å². The number of alkyl carbamates (subject to hydrolysis) is 1. The first-order chi connectivity index (χ1) is 16.5. The zero-order chi connectivity index (χ0) is 23.7. The second kappa shape index (κ2) is 9.10. The van der Waals surface area contributed by atoms with Gasteiger partial charge in [-0.1, -0.05) is 48.5 Å². The Balaban J connectivity index is 1.25. The Morgan fingerprint density at radius 3 is 2.38 bits per heavy atom. The molecule has 8 nitrogen and oxygen atoms in total. The van der Waals surface area contributed by atoms with Gasteiger partial charge in [0.15, 0.2) is 0 Å². The van der Waals surface area contributed by atoms with E-state index in [1.54, 1.807) is 4.90 Å². The molecule has 2 heterocycles. The maximum Gasteiger partial charge on any atom is 0.408 e. The molecule has 2 amide bonds. The highest BCUT2D eigenvalue weighted by atomic mass is 16.6. The average Bonchev–Trinajstić information content (AvgIpc) is 3.55. The third-order valence-corrected chi connectivity index (χ3v) is 7.15. The minimum atomic E-state index is -1.18. The van der Waals surface area contributed by atoms with Crippen LogP contribution in [0.15, 0.2) is 48.5 Å². The maximum atomic E-state index is 13.4. The van der Waals surface area contributed by atoms with Gasteiger partial charge in [0.05, 0.1) is 6.61 Å². The van der Waals surface area contributed by atoms with Gasteiger partial charge < -0.3 is 24.8 Å². The van der Waals surface area contributed by atoms with Crippen molar-refractivity contribution >= 4 is 18.0 Å². The molecule has 0 radical (unpaired) electrons. The van der Waals surface area contributed by atoms with Crippen molar-refractivity contribution < 1.29 is 29.0 Å². The molecule has 1 aliphatic carbocycles. The Morgan fingerprint density at radius 2 is 1.76 bits per heavy atom. The smallest absolute Gasteiger partial charge is 0.408 e. The third kappa shape index (κ3) is 4.14. The van der Waals surface area contributed by atoms with Gasteiger partial charge in [-0.25, -0.2) is 4.79 Å². The molecule has 34 heavy (non-hydrogen) atoms. The summed E-state index contributed by atoms with van der Waals surface area (Å²) in [6.07, 6.45) is 0.380. The van der Waals surface area contributed by atoms with Gasteiger partial charge in [-0.3, -0.25) is 9.59 Å². The van der Waals surface area contributed by atoms with E-state index < -0.39 is 17.6 Å². The van der Waals surface area contributed by atoms with E-state index in [-0.39, 0.29) is 37.4 Å². The lowest BCUT2D eigenvalue weighted by Gasteiger charge is -2.31. The van der Waals surface area contributed by atoms with E-state index in [4.69, 9.17) is 14.6 Å². The van der Waals surface area contributed by atoms with Crippen molar-refractivity contribution in [3.63, 3.8) is 0 Å². The molecule has 3 aliphatic rings. The molecule has 2 atom stereocenters. The quantitative estimate of drug-likeness (QED) is 0.681. The van der Waals surface area contributed by atoms with E-state index in [2.05, 4.69) is 29.6 Å². The van der Waals surface area contributed by atoms with Crippen LogP contribution in [0.25, 0.3) is 11.1 Å². The highest BCUT2D eigenvalue weighted by molar-refractivity contribution is 5.91. The Labute approximate surface area is 197 Å². The first-order valence-electron chi connectivity index (χ1n) is 11.7. The summed E-state index contributed by atoms with van der Waals surface area (Å²) in [5.41, 5.74) is 3.35. The van der Waals surface area contributed by atoms with Gasteiger partial charge in [0.1, 0.15) is 12.1 Å². The number of carbonyl (C=O) groups excluding carboxylic acids is 2. The van der Waals surface area contributed by atoms with Crippen LogP contribution in [0.5, 0.6) is 0 Å². The second-order valence-corrected chi connectivity index (χ2v) is 9.34. The van der Waals surface area contributed by atoms with Crippen LogP contribution in [0, 0.1) is 5.92 Å². The number of ether oxygens (including phenoxy) is 2. The van der Waals surface area contributed by atoms with Gasteiger partial charge in [-0.15, -0.1) is 0 Å². The molecule has 0 spiro atoms. The van der Waals surface area contributed by atoms with Gasteiger partial charge in [0, 0.05) is 38.5 Å². The predicted molar refractivity (Wildman–Crippen MR) is 123 cm³/mol. The molecule has 0 aromatic heterocycles. The molecule has 178 valence electrons.